The van der Waals surface area contributed by atoms with Gasteiger partial charge in [-0.15, -0.1) is 0 Å². The summed E-state index contributed by atoms with van der Waals surface area (Å²) < 4.78 is 100. The van der Waals surface area contributed by atoms with Gasteiger partial charge in [-0.1, -0.05) is 12.1 Å². The van der Waals surface area contributed by atoms with E-state index in [9.17, 15) is 40.6 Å². The molecule has 11 heteroatoms. The van der Waals surface area contributed by atoms with Gasteiger partial charge in [0.05, 0.1) is 28.7 Å². The summed E-state index contributed by atoms with van der Waals surface area (Å²) in [5, 5.41) is 9.53. The molecule has 4 rings (SSSR count). The fourth-order valence-corrected chi connectivity index (χ4v) is 5.90. The number of carbonyl (C=O) groups is 1. The molecule has 1 aliphatic heterocycles. The standard InChI is InChI=1S/C29H32F7NO3/c1-17(20-13-21(28(31,32)33)15-22(14-20)29(34,35)36)40-24-8-5-19(25(24)18-3-6-23(30)7-4-18)16-37-11-9-27(2,10-12-37)26(38)39/h3-4,6-7,13-15,17,19,24-25H,5,8-12,16H2,1-2H3,(H,38,39)/t17-,19+,24+,25+/m1/s1. The zero-order valence-corrected chi connectivity index (χ0v) is 22.2. The first-order valence-corrected chi connectivity index (χ1v) is 13.2. The molecule has 2 fully saturated rings. The van der Waals surface area contributed by atoms with E-state index in [1.807, 2.05) is 0 Å². The smallest absolute Gasteiger partial charge is 0.416 e. The highest BCUT2D eigenvalue weighted by molar-refractivity contribution is 5.74. The molecular formula is C29H32F7NO3. The Morgan fingerprint density at radius 1 is 1.00 bits per heavy atom. The average Bonchev–Trinajstić information content (AvgIpc) is 3.26. The molecule has 0 aromatic heterocycles. The number of benzene rings is 2. The van der Waals surface area contributed by atoms with Crippen LogP contribution in [0.3, 0.4) is 0 Å². The van der Waals surface area contributed by atoms with Gasteiger partial charge < -0.3 is 14.7 Å². The monoisotopic (exact) mass is 575 g/mol. The van der Waals surface area contributed by atoms with Gasteiger partial charge in [-0.05, 0) is 100.0 Å². The van der Waals surface area contributed by atoms with Crippen LogP contribution in [0.25, 0.3) is 0 Å². The topological polar surface area (TPSA) is 49.8 Å². The predicted octanol–water partition coefficient (Wildman–Crippen LogP) is 7.69. The molecule has 0 spiro atoms. The van der Waals surface area contributed by atoms with E-state index < -0.39 is 52.9 Å². The summed E-state index contributed by atoms with van der Waals surface area (Å²) in [7, 11) is 0. The lowest BCUT2D eigenvalue weighted by atomic mass is 9.80. The first kappa shape index (κ1) is 30.3. The number of piperidine rings is 1. The van der Waals surface area contributed by atoms with Crippen molar-refractivity contribution in [3.8, 4) is 0 Å². The number of aliphatic carboxylic acids is 1. The number of hydrogen-bond donors (Lipinski definition) is 1. The van der Waals surface area contributed by atoms with Crippen LogP contribution >= 0.6 is 0 Å². The molecule has 2 aromatic carbocycles. The van der Waals surface area contributed by atoms with Crippen molar-refractivity contribution in [3.05, 3.63) is 70.5 Å². The van der Waals surface area contributed by atoms with Gasteiger partial charge in [0.25, 0.3) is 0 Å². The molecular weight excluding hydrogens is 543 g/mol. The second kappa shape index (κ2) is 11.3. The Hall–Kier alpha value is -2.66. The summed E-state index contributed by atoms with van der Waals surface area (Å²) in [5.74, 6) is -1.52. The maximum Gasteiger partial charge on any atom is 0.416 e. The fraction of sp³-hybridized carbons (Fsp3) is 0.552. The van der Waals surface area contributed by atoms with Crippen molar-refractivity contribution < 1.29 is 45.4 Å². The van der Waals surface area contributed by atoms with Crippen LogP contribution < -0.4 is 0 Å². The molecule has 0 radical (unpaired) electrons. The van der Waals surface area contributed by atoms with E-state index in [1.165, 1.54) is 19.1 Å². The first-order valence-electron chi connectivity index (χ1n) is 13.2. The molecule has 0 bridgehead atoms. The van der Waals surface area contributed by atoms with Crippen molar-refractivity contribution in [2.75, 3.05) is 19.6 Å². The minimum absolute atomic E-state index is 0.0177. The normalized spacial score (nSPS) is 24.7. The van der Waals surface area contributed by atoms with Crippen LogP contribution in [0.5, 0.6) is 0 Å². The summed E-state index contributed by atoms with van der Waals surface area (Å²) in [4.78, 5) is 13.8. The molecule has 1 saturated heterocycles. The van der Waals surface area contributed by atoms with Gasteiger partial charge in [-0.25, -0.2) is 4.39 Å². The Kier molecular flexibility index (Phi) is 8.57. The molecule has 4 atom stereocenters. The van der Waals surface area contributed by atoms with Crippen LogP contribution in [0.1, 0.15) is 73.8 Å². The second-order valence-electron chi connectivity index (χ2n) is 11.2. The van der Waals surface area contributed by atoms with Crippen LogP contribution in [0, 0.1) is 17.2 Å². The minimum Gasteiger partial charge on any atom is -0.481 e. The van der Waals surface area contributed by atoms with Crippen LogP contribution in [-0.4, -0.2) is 41.7 Å². The van der Waals surface area contributed by atoms with Gasteiger partial charge in [-0.2, -0.15) is 26.3 Å². The van der Waals surface area contributed by atoms with E-state index in [0.717, 1.165) is 5.56 Å². The van der Waals surface area contributed by atoms with Crippen molar-refractivity contribution in [2.45, 2.75) is 70.0 Å². The van der Waals surface area contributed by atoms with Crippen molar-refractivity contribution in [1.82, 2.24) is 4.90 Å². The second-order valence-corrected chi connectivity index (χ2v) is 11.2. The summed E-state index contributed by atoms with van der Waals surface area (Å²) in [6, 6.07) is 7.35. The zero-order valence-electron chi connectivity index (χ0n) is 22.2. The Bertz CT molecular complexity index is 1160. The fourth-order valence-electron chi connectivity index (χ4n) is 5.90. The van der Waals surface area contributed by atoms with Gasteiger partial charge in [0, 0.05) is 12.5 Å². The number of carboxylic acid groups (broad SMARTS) is 1. The lowest BCUT2D eigenvalue weighted by molar-refractivity contribution is -0.151. The number of nitrogens with zero attached hydrogens (tertiary/aromatic N) is 1. The predicted molar refractivity (Wildman–Crippen MR) is 133 cm³/mol. The quantitative estimate of drug-likeness (QED) is 0.344. The van der Waals surface area contributed by atoms with Crippen LogP contribution in [0.2, 0.25) is 0 Å². The number of halogens is 7. The lowest BCUT2D eigenvalue weighted by Gasteiger charge is -2.38. The van der Waals surface area contributed by atoms with Crippen molar-refractivity contribution >= 4 is 5.97 Å². The Balaban J connectivity index is 1.56. The highest BCUT2D eigenvalue weighted by Crippen LogP contribution is 2.45. The maximum atomic E-state index is 13.7. The first-order chi connectivity index (χ1) is 18.6. The van der Waals surface area contributed by atoms with E-state index in [-0.39, 0.29) is 23.5 Å². The Morgan fingerprint density at radius 3 is 2.05 bits per heavy atom. The number of likely N-dealkylation sites (tertiary alicyclic amines) is 1. The number of hydrogen-bond acceptors (Lipinski definition) is 3. The van der Waals surface area contributed by atoms with E-state index in [1.54, 1.807) is 19.1 Å². The maximum absolute atomic E-state index is 13.7. The highest BCUT2D eigenvalue weighted by atomic mass is 19.4. The van der Waals surface area contributed by atoms with Crippen molar-refractivity contribution in [2.24, 2.45) is 11.3 Å². The molecule has 2 aromatic rings. The average molecular weight is 576 g/mol. The molecule has 1 heterocycles. The summed E-state index contributed by atoms with van der Waals surface area (Å²) in [5.41, 5.74) is -3.04. The Morgan fingerprint density at radius 2 is 1.55 bits per heavy atom. The van der Waals surface area contributed by atoms with E-state index in [2.05, 4.69) is 4.90 Å². The van der Waals surface area contributed by atoms with Gasteiger partial charge in [-0.3, -0.25) is 4.79 Å². The number of rotatable bonds is 7. The highest BCUT2D eigenvalue weighted by Gasteiger charge is 2.43. The largest absolute Gasteiger partial charge is 0.481 e. The molecule has 2 aliphatic rings. The number of ether oxygens (including phenoxy) is 1. The third-order valence-corrected chi connectivity index (χ3v) is 8.41. The molecule has 0 amide bonds. The molecule has 220 valence electrons. The summed E-state index contributed by atoms with van der Waals surface area (Å²) >= 11 is 0. The van der Waals surface area contributed by atoms with Gasteiger partial charge in [0.1, 0.15) is 5.82 Å². The molecule has 40 heavy (non-hydrogen) atoms. The molecule has 1 saturated carbocycles. The van der Waals surface area contributed by atoms with Gasteiger partial charge in [0.15, 0.2) is 0 Å². The summed E-state index contributed by atoms with van der Waals surface area (Å²) in [6.07, 6.45) is -9.34. The minimum atomic E-state index is -4.96. The van der Waals surface area contributed by atoms with E-state index in [0.29, 0.717) is 57.5 Å². The molecule has 4 nitrogen and oxygen atoms in total. The summed E-state index contributed by atoms with van der Waals surface area (Å²) in [6.45, 7) is 4.95. The van der Waals surface area contributed by atoms with Gasteiger partial charge >= 0.3 is 18.3 Å². The van der Waals surface area contributed by atoms with Crippen LogP contribution in [0.4, 0.5) is 30.7 Å². The Labute approximate surface area is 228 Å². The third-order valence-electron chi connectivity index (χ3n) is 8.41. The SMILES string of the molecule is C[C@@H](O[C@H]1CC[C@@H](CN2CCC(C)(C(=O)O)CC2)[C@@H]1c1ccc(F)cc1)c1cc(C(F)(F)F)cc(C(F)(F)F)c1. The van der Waals surface area contributed by atoms with E-state index >= 15 is 0 Å². The number of alkyl halides is 6. The molecule has 1 aliphatic carbocycles. The molecule has 0 unspecified atom stereocenters. The van der Waals surface area contributed by atoms with Crippen LogP contribution in [0.15, 0.2) is 42.5 Å². The lowest BCUT2D eigenvalue weighted by Crippen LogP contribution is -2.44. The number of carboxylic acids is 1. The zero-order chi connectivity index (χ0) is 29.5. The van der Waals surface area contributed by atoms with Crippen molar-refractivity contribution in [3.63, 3.8) is 0 Å². The van der Waals surface area contributed by atoms with Gasteiger partial charge in [0.2, 0.25) is 0 Å². The van der Waals surface area contributed by atoms with Crippen molar-refractivity contribution in [1.29, 1.82) is 0 Å². The van der Waals surface area contributed by atoms with Crippen LogP contribution in [-0.2, 0) is 21.9 Å². The molecule has 1 N–H and O–H groups in total. The third kappa shape index (κ3) is 6.79. The van der Waals surface area contributed by atoms with E-state index in [4.69, 9.17) is 4.74 Å².